The summed E-state index contributed by atoms with van der Waals surface area (Å²) in [4.78, 5) is 4.85. The van der Waals surface area contributed by atoms with Crippen molar-refractivity contribution in [3.63, 3.8) is 0 Å². The number of hydrogen-bond donors (Lipinski definition) is 2. The number of aliphatic imine (C=N–C) groups is 1. The molecule has 1 aromatic heterocycles. The molecule has 3 rings (SSSR count). The van der Waals surface area contributed by atoms with E-state index in [1.54, 1.807) is 20.5 Å². The Morgan fingerprint density at radius 1 is 1.16 bits per heavy atom. The van der Waals surface area contributed by atoms with Crippen LogP contribution in [-0.4, -0.2) is 54.1 Å². The smallest absolute Gasteiger partial charge is 0.191 e. The van der Waals surface area contributed by atoms with Crippen molar-refractivity contribution in [2.45, 2.75) is 64.5 Å². The normalized spacial score (nSPS) is 14.5. The third-order valence-corrected chi connectivity index (χ3v) is 5.72. The molecule has 0 atom stereocenters. The third-order valence-electron chi connectivity index (χ3n) is 5.72. The summed E-state index contributed by atoms with van der Waals surface area (Å²) in [6.45, 7) is 4.39. The lowest BCUT2D eigenvalue weighted by molar-refractivity contribution is 0.354. The van der Waals surface area contributed by atoms with Crippen LogP contribution >= 0.6 is 24.0 Å². The summed E-state index contributed by atoms with van der Waals surface area (Å²) in [5.41, 5.74) is 1.18. The number of guanidine groups is 1. The number of aromatic nitrogens is 3. The van der Waals surface area contributed by atoms with Gasteiger partial charge >= 0.3 is 0 Å². The molecule has 0 radical (unpaired) electrons. The number of methoxy groups -OCH3 is 2. The Morgan fingerprint density at radius 2 is 1.94 bits per heavy atom. The summed E-state index contributed by atoms with van der Waals surface area (Å²) in [7, 11) is 3.32. The van der Waals surface area contributed by atoms with Crippen LogP contribution in [0.25, 0.3) is 0 Å². The first-order chi connectivity index (χ1) is 15.2. The Bertz CT molecular complexity index is 836. The van der Waals surface area contributed by atoms with E-state index >= 15 is 0 Å². The van der Waals surface area contributed by atoms with E-state index in [-0.39, 0.29) is 24.0 Å². The van der Waals surface area contributed by atoms with E-state index in [0.717, 1.165) is 49.2 Å². The highest BCUT2D eigenvalue weighted by atomic mass is 127. The van der Waals surface area contributed by atoms with Gasteiger partial charge in [0.2, 0.25) is 0 Å². The van der Waals surface area contributed by atoms with Crippen molar-refractivity contribution in [3.8, 4) is 11.5 Å². The number of rotatable bonds is 10. The lowest BCUT2D eigenvalue weighted by Crippen LogP contribution is -2.45. The number of ether oxygens (including phenoxy) is 2. The van der Waals surface area contributed by atoms with Crippen LogP contribution in [-0.2, 0) is 19.4 Å². The maximum absolute atomic E-state index is 5.41. The van der Waals surface area contributed by atoms with Gasteiger partial charge in [-0.25, -0.2) is 0 Å². The van der Waals surface area contributed by atoms with E-state index in [1.807, 2.05) is 12.1 Å². The quantitative estimate of drug-likeness (QED) is 0.265. The molecular weight excluding hydrogens is 519 g/mol. The molecule has 8 nitrogen and oxygen atoms in total. The van der Waals surface area contributed by atoms with Gasteiger partial charge in [0, 0.05) is 32.1 Å². The summed E-state index contributed by atoms with van der Waals surface area (Å²) in [5, 5.41) is 15.3. The zero-order chi connectivity index (χ0) is 21.9. The van der Waals surface area contributed by atoms with Gasteiger partial charge in [-0.1, -0.05) is 32.3 Å². The van der Waals surface area contributed by atoms with Crippen molar-refractivity contribution in [2.24, 2.45) is 4.99 Å². The molecule has 0 aliphatic heterocycles. The fraction of sp³-hybridized carbons (Fsp3) is 0.609. The minimum atomic E-state index is 0. The van der Waals surface area contributed by atoms with Crippen molar-refractivity contribution < 1.29 is 9.47 Å². The van der Waals surface area contributed by atoms with Crippen LogP contribution in [0.1, 0.15) is 50.4 Å². The number of halogens is 1. The van der Waals surface area contributed by atoms with E-state index < -0.39 is 0 Å². The van der Waals surface area contributed by atoms with Crippen molar-refractivity contribution in [2.75, 3.05) is 27.3 Å². The van der Waals surface area contributed by atoms with Crippen molar-refractivity contribution in [1.82, 2.24) is 25.4 Å². The third kappa shape index (κ3) is 7.83. The highest BCUT2D eigenvalue weighted by Crippen LogP contribution is 2.27. The first-order valence-corrected chi connectivity index (χ1v) is 11.4. The summed E-state index contributed by atoms with van der Waals surface area (Å²) in [6, 6.07) is 6.54. The zero-order valence-electron chi connectivity index (χ0n) is 19.5. The average Bonchev–Trinajstić information content (AvgIpc) is 3.27. The second-order valence-electron chi connectivity index (χ2n) is 7.87. The maximum atomic E-state index is 5.41. The SMILES string of the molecule is CCc1nncn1CCNC(=NCCc1ccc(OC)c(OC)c1)NC1CCCCC1.I. The van der Waals surface area contributed by atoms with Gasteiger partial charge in [0.15, 0.2) is 17.5 Å². The van der Waals surface area contributed by atoms with Crippen LogP contribution in [0.3, 0.4) is 0 Å². The van der Waals surface area contributed by atoms with Gasteiger partial charge in [-0.15, -0.1) is 34.2 Å². The summed E-state index contributed by atoms with van der Waals surface area (Å²) in [6.07, 6.45) is 9.85. The minimum absolute atomic E-state index is 0. The molecule has 1 aromatic carbocycles. The molecule has 1 aliphatic rings. The predicted molar refractivity (Wildman–Crippen MR) is 138 cm³/mol. The standard InChI is InChI=1S/C23H36N6O2.HI/c1-4-22-28-26-17-29(22)15-14-25-23(27-19-8-6-5-7-9-19)24-13-12-18-10-11-20(30-2)21(16-18)31-3;/h10-11,16-17,19H,4-9,12-15H2,1-3H3,(H2,24,25,27);1H. The minimum Gasteiger partial charge on any atom is -0.493 e. The molecule has 1 saturated carbocycles. The predicted octanol–water partition coefficient (Wildman–Crippen LogP) is 3.59. The summed E-state index contributed by atoms with van der Waals surface area (Å²) < 4.78 is 12.8. The largest absolute Gasteiger partial charge is 0.493 e. The molecule has 1 aliphatic carbocycles. The zero-order valence-corrected chi connectivity index (χ0v) is 21.8. The molecule has 32 heavy (non-hydrogen) atoms. The molecule has 178 valence electrons. The Labute approximate surface area is 208 Å². The number of benzene rings is 1. The van der Waals surface area contributed by atoms with Gasteiger partial charge < -0.3 is 24.7 Å². The van der Waals surface area contributed by atoms with Crippen molar-refractivity contribution >= 4 is 29.9 Å². The van der Waals surface area contributed by atoms with Crippen LogP contribution < -0.4 is 20.1 Å². The number of aryl methyl sites for hydroxylation is 1. The summed E-state index contributed by atoms with van der Waals surface area (Å²) >= 11 is 0. The van der Waals surface area contributed by atoms with Gasteiger partial charge in [-0.3, -0.25) is 4.99 Å². The maximum Gasteiger partial charge on any atom is 0.191 e. The van der Waals surface area contributed by atoms with Gasteiger partial charge in [-0.05, 0) is 37.0 Å². The topological polar surface area (TPSA) is 85.6 Å². The molecule has 0 unspecified atom stereocenters. The van der Waals surface area contributed by atoms with Crippen LogP contribution in [0.5, 0.6) is 11.5 Å². The lowest BCUT2D eigenvalue weighted by atomic mass is 9.96. The Hall–Kier alpha value is -2.04. The first-order valence-electron chi connectivity index (χ1n) is 11.4. The Kier molecular flexibility index (Phi) is 11.6. The summed E-state index contributed by atoms with van der Waals surface area (Å²) in [5.74, 6) is 3.40. The van der Waals surface area contributed by atoms with Crippen LogP contribution in [0.2, 0.25) is 0 Å². The molecule has 1 heterocycles. The monoisotopic (exact) mass is 556 g/mol. The Balaban J connectivity index is 0.00000363. The molecule has 0 saturated heterocycles. The molecule has 2 N–H and O–H groups in total. The van der Waals surface area contributed by atoms with Crippen LogP contribution in [0.4, 0.5) is 0 Å². The number of nitrogens with one attached hydrogen (secondary N) is 2. The molecule has 9 heteroatoms. The fourth-order valence-corrected chi connectivity index (χ4v) is 3.96. The van der Waals surface area contributed by atoms with Gasteiger partial charge in [0.25, 0.3) is 0 Å². The second-order valence-corrected chi connectivity index (χ2v) is 7.87. The van der Waals surface area contributed by atoms with E-state index in [1.165, 1.54) is 37.7 Å². The molecular formula is C23H37IN6O2. The highest BCUT2D eigenvalue weighted by Gasteiger charge is 2.14. The van der Waals surface area contributed by atoms with Crippen LogP contribution in [0, 0.1) is 0 Å². The number of hydrogen-bond acceptors (Lipinski definition) is 5. The average molecular weight is 556 g/mol. The van der Waals surface area contributed by atoms with Gasteiger partial charge in [0.05, 0.1) is 14.2 Å². The molecule has 0 amide bonds. The van der Waals surface area contributed by atoms with Gasteiger partial charge in [0.1, 0.15) is 12.2 Å². The van der Waals surface area contributed by atoms with E-state index in [4.69, 9.17) is 14.5 Å². The van der Waals surface area contributed by atoms with E-state index in [0.29, 0.717) is 12.6 Å². The highest BCUT2D eigenvalue weighted by molar-refractivity contribution is 14.0. The van der Waals surface area contributed by atoms with Crippen molar-refractivity contribution in [1.29, 1.82) is 0 Å². The first kappa shape index (κ1) is 26.2. The van der Waals surface area contributed by atoms with E-state index in [9.17, 15) is 0 Å². The second kappa shape index (κ2) is 14.2. The number of nitrogens with zero attached hydrogens (tertiary/aromatic N) is 4. The van der Waals surface area contributed by atoms with Crippen LogP contribution in [0.15, 0.2) is 29.5 Å². The molecule has 0 spiro atoms. The van der Waals surface area contributed by atoms with Gasteiger partial charge in [-0.2, -0.15) is 0 Å². The fourth-order valence-electron chi connectivity index (χ4n) is 3.96. The molecule has 1 fully saturated rings. The molecule has 2 aromatic rings. The lowest BCUT2D eigenvalue weighted by Gasteiger charge is -2.25. The molecule has 0 bridgehead atoms. The van der Waals surface area contributed by atoms with E-state index in [2.05, 4.69) is 38.4 Å². The Morgan fingerprint density at radius 3 is 2.66 bits per heavy atom. The van der Waals surface area contributed by atoms with Crippen molar-refractivity contribution in [3.05, 3.63) is 35.9 Å².